The summed E-state index contributed by atoms with van der Waals surface area (Å²) in [7, 11) is 1.64. The van der Waals surface area contributed by atoms with Gasteiger partial charge in [0.25, 0.3) is 5.78 Å². The highest BCUT2D eigenvalue weighted by molar-refractivity contribution is 7.12. The van der Waals surface area contributed by atoms with E-state index in [0.29, 0.717) is 11.3 Å². The van der Waals surface area contributed by atoms with Gasteiger partial charge in [-0.2, -0.15) is 5.10 Å². The van der Waals surface area contributed by atoms with Crippen molar-refractivity contribution < 1.29 is 14.3 Å². The number of anilines is 1. The highest BCUT2D eigenvalue weighted by atomic mass is 32.1. The van der Waals surface area contributed by atoms with Crippen molar-refractivity contribution in [3.63, 3.8) is 0 Å². The number of hydrazone groups is 1. The van der Waals surface area contributed by atoms with Crippen LogP contribution in [0, 0.1) is 0 Å². The Labute approximate surface area is 178 Å². The van der Waals surface area contributed by atoms with Gasteiger partial charge >= 0.3 is 5.91 Å². The molecule has 3 aromatic rings. The van der Waals surface area contributed by atoms with Crippen LogP contribution in [0.3, 0.4) is 0 Å². The number of fused-ring (bicyclic) bond motifs is 1. The molecule has 0 aliphatic carbocycles. The van der Waals surface area contributed by atoms with Crippen LogP contribution < -0.4 is 9.64 Å². The molecule has 3 heterocycles. The first-order chi connectivity index (χ1) is 14.7. The van der Waals surface area contributed by atoms with Crippen LogP contribution in [0.4, 0.5) is 5.69 Å². The first kappa shape index (κ1) is 18.6. The minimum absolute atomic E-state index is 0.0383. The SMILES string of the molecule is COc1ccc([C@@H]2CC(c3cccs3)=NN2CN2C(=O)C(=O)c3ccccc32)cc1. The summed E-state index contributed by atoms with van der Waals surface area (Å²) in [5.74, 6) is -0.186. The van der Waals surface area contributed by atoms with E-state index in [-0.39, 0.29) is 12.7 Å². The van der Waals surface area contributed by atoms with Gasteiger partial charge in [-0.15, -0.1) is 11.3 Å². The maximum Gasteiger partial charge on any atom is 0.301 e. The van der Waals surface area contributed by atoms with Crippen molar-refractivity contribution in [3.05, 3.63) is 82.0 Å². The van der Waals surface area contributed by atoms with Crippen LogP contribution in [0.2, 0.25) is 0 Å². The number of rotatable bonds is 5. The number of hydrogen-bond donors (Lipinski definition) is 0. The topological polar surface area (TPSA) is 62.2 Å². The second-order valence-corrected chi connectivity index (χ2v) is 8.13. The Balaban J connectivity index is 1.49. The van der Waals surface area contributed by atoms with Crippen LogP contribution >= 0.6 is 11.3 Å². The summed E-state index contributed by atoms with van der Waals surface area (Å²) in [5, 5.41) is 8.79. The van der Waals surface area contributed by atoms with Crippen LogP contribution in [0.25, 0.3) is 0 Å². The minimum Gasteiger partial charge on any atom is -0.497 e. The van der Waals surface area contributed by atoms with Gasteiger partial charge in [-0.3, -0.25) is 19.5 Å². The van der Waals surface area contributed by atoms with Gasteiger partial charge in [0.05, 0.1) is 35.0 Å². The van der Waals surface area contributed by atoms with Crippen molar-refractivity contribution in [2.45, 2.75) is 12.5 Å². The standard InChI is InChI=1S/C23H19N3O3S/c1-29-16-10-8-15(9-11-16)20-13-18(21-7-4-12-30-21)24-26(20)14-25-19-6-3-2-5-17(19)22(27)23(25)28/h2-12,20H,13-14H2,1H3/t20-/m0/s1. The highest BCUT2D eigenvalue weighted by Gasteiger charge is 2.39. The number of ether oxygens (including phenoxy) is 1. The molecule has 1 amide bonds. The molecule has 0 spiro atoms. The number of hydrogen-bond acceptors (Lipinski definition) is 6. The van der Waals surface area contributed by atoms with Gasteiger partial charge in [0.2, 0.25) is 0 Å². The second kappa shape index (κ2) is 7.42. The van der Waals surface area contributed by atoms with E-state index in [1.54, 1.807) is 36.6 Å². The predicted molar refractivity (Wildman–Crippen MR) is 116 cm³/mol. The van der Waals surface area contributed by atoms with E-state index < -0.39 is 11.7 Å². The lowest BCUT2D eigenvalue weighted by molar-refractivity contribution is -0.114. The molecule has 30 heavy (non-hydrogen) atoms. The number of ketones is 1. The Morgan fingerprint density at radius 1 is 1.07 bits per heavy atom. The molecular formula is C23H19N3O3S. The fourth-order valence-corrected chi connectivity index (χ4v) is 4.65. The number of nitrogens with zero attached hydrogens (tertiary/aromatic N) is 3. The molecule has 0 N–H and O–H groups in total. The third-order valence-electron chi connectivity index (χ3n) is 5.47. The number of carbonyl (C=O) groups excluding carboxylic acids is 2. The van der Waals surface area contributed by atoms with E-state index in [2.05, 4.69) is 6.07 Å². The lowest BCUT2D eigenvalue weighted by atomic mass is 10.0. The van der Waals surface area contributed by atoms with Gasteiger partial charge in [0, 0.05) is 6.42 Å². The van der Waals surface area contributed by atoms with Gasteiger partial charge in [-0.1, -0.05) is 30.3 Å². The summed E-state index contributed by atoms with van der Waals surface area (Å²) >= 11 is 1.65. The van der Waals surface area contributed by atoms with Gasteiger partial charge in [-0.25, -0.2) is 0 Å². The van der Waals surface area contributed by atoms with Gasteiger partial charge in [0.1, 0.15) is 12.4 Å². The molecule has 5 rings (SSSR count). The molecule has 0 radical (unpaired) electrons. The number of Topliss-reactive ketones (excluding diaryl/α,β-unsaturated/α-hetero) is 1. The van der Waals surface area contributed by atoms with Crippen LogP contribution in [-0.4, -0.2) is 36.2 Å². The molecule has 7 heteroatoms. The molecule has 0 saturated heterocycles. The summed E-state index contributed by atoms with van der Waals surface area (Å²) in [4.78, 5) is 27.7. The van der Waals surface area contributed by atoms with Crippen molar-refractivity contribution in [1.82, 2.24) is 5.01 Å². The predicted octanol–water partition coefficient (Wildman–Crippen LogP) is 4.09. The van der Waals surface area contributed by atoms with Crippen LogP contribution in [0.5, 0.6) is 5.75 Å². The molecule has 0 unspecified atom stereocenters. The van der Waals surface area contributed by atoms with E-state index in [9.17, 15) is 9.59 Å². The van der Waals surface area contributed by atoms with Crippen molar-refractivity contribution in [1.29, 1.82) is 0 Å². The largest absolute Gasteiger partial charge is 0.497 e. The summed E-state index contributed by atoms with van der Waals surface area (Å²) in [6.45, 7) is 0.215. The van der Waals surface area contributed by atoms with Crippen LogP contribution in [0.1, 0.15) is 33.3 Å². The maximum atomic E-state index is 12.7. The Kier molecular flexibility index (Phi) is 4.59. The van der Waals surface area contributed by atoms with E-state index >= 15 is 0 Å². The number of thiophene rings is 1. The third kappa shape index (κ3) is 3.07. The van der Waals surface area contributed by atoms with E-state index in [1.165, 1.54) is 4.90 Å². The van der Waals surface area contributed by atoms with Gasteiger partial charge in [-0.05, 0) is 41.3 Å². The monoisotopic (exact) mass is 417 g/mol. The number of amides is 1. The summed E-state index contributed by atoms with van der Waals surface area (Å²) in [6.07, 6.45) is 0.727. The van der Waals surface area contributed by atoms with E-state index in [1.807, 2.05) is 46.8 Å². The fraction of sp³-hybridized carbons (Fsp3) is 0.174. The summed E-state index contributed by atoms with van der Waals surface area (Å²) in [6, 6.07) is 19.0. The van der Waals surface area contributed by atoms with Gasteiger partial charge in [0.15, 0.2) is 0 Å². The number of benzene rings is 2. The van der Waals surface area contributed by atoms with Crippen LogP contribution in [0.15, 0.2) is 71.1 Å². The molecule has 150 valence electrons. The Hall–Kier alpha value is -3.45. The van der Waals surface area contributed by atoms with E-state index in [0.717, 1.165) is 28.3 Å². The Morgan fingerprint density at radius 3 is 2.60 bits per heavy atom. The zero-order valence-corrected chi connectivity index (χ0v) is 17.1. The highest BCUT2D eigenvalue weighted by Crippen LogP contribution is 2.36. The first-order valence-electron chi connectivity index (χ1n) is 9.63. The van der Waals surface area contributed by atoms with Crippen molar-refractivity contribution in [3.8, 4) is 5.75 Å². The van der Waals surface area contributed by atoms with Crippen molar-refractivity contribution >= 4 is 34.4 Å². The quantitative estimate of drug-likeness (QED) is 0.587. The molecule has 2 aliphatic heterocycles. The minimum atomic E-state index is -0.510. The lowest BCUT2D eigenvalue weighted by Crippen LogP contribution is -2.39. The van der Waals surface area contributed by atoms with E-state index in [4.69, 9.17) is 9.84 Å². The molecule has 2 aliphatic rings. The third-order valence-corrected chi connectivity index (χ3v) is 6.39. The molecule has 0 bridgehead atoms. The zero-order chi connectivity index (χ0) is 20.7. The number of para-hydroxylation sites is 1. The molecular weight excluding hydrogens is 398 g/mol. The lowest BCUT2D eigenvalue weighted by Gasteiger charge is -2.28. The Bertz CT molecular complexity index is 1140. The average Bonchev–Trinajstić information content (AvgIpc) is 3.51. The fourth-order valence-electron chi connectivity index (χ4n) is 3.93. The molecule has 1 atom stereocenters. The smallest absolute Gasteiger partial charge is 0.301 e. The molecule has 1 aromatic heterocycles. The molecule has 0 fully saturated rings. The van der Waals surface area contributed by atoms with Crippen LogP contribution in [-0.2, 0) is 4.79 Å². The summed E-state index contributed by atoms with van der Waals surface area (Å²) < 4.78 is 5.28. The average molecular weight is 417 g/mol. The normalized spacial score (nSPS) is 18.0. The Morgan fingerprint density at radius 2 is 1.87 bits per heavy atom. The number of methoxy groups -OCH3 is 1. The molecule has 2 aromatic carbocycles. The first-order valence-corrected chi connectivity index (χ1v) is 10.5. The molecule has 6 nitrogen and oxygen atoms in total. The van der Waals surface area contributed by atoms with Crippen molar-refractivity contribution in [2.75, 3.05) is 18.7 Å². The number of carbonyl (C=O) groups is 2. The maximum absolute atomic E-state index is 12.7. The van der Waals surface area contributed by atoms with Crippen molar-refractivity contribution in [2.24, 2.45) is 5.10 Å². The summed E-state index contributed by atoms with van der Waals surface area (Å²) in [5.41, 5.74) is 3.15. The second-order valence-electron chi connectivity index (χ2n) is 7.18. The molecule has 0 saturated carbocycles. The van der Waals surface area contributed by atoms with Gasteiger partial charge < -0.3 is 4.74 Å². The zero-order valence-electron chi connectivity index (χ0n) is 16.3.